The van der Waals surface area contributed by atoms with E-state index in [1.165, 1.54) is 5.56 Å². The minimum absolute atomic E-state index is 0.227. The lowest BCUT2D eigenvalue weighted by atomic mass is 9.99. The van der Waals surface area contributed by atoms with Crippen LogP contribution in [0.25, 0.3) is 0 Å². The summed E-state index contributed by atoms with van der Waals surface area (Å²) in [5, 5.41) is 3.50. The molecule has 1 aromatic carbocycles. The summed E-state index contributed by atoms with van der Waals surface area (Å²) < 4.78 is 11.1. The maximum atomic E-state index is 5.61. The van der Waals surface area contributed by atoms with Crippen LogP contribution >= 0.6 is 0 Å². The molecule has 0 heterocycles. The van der Waals surface area contributed by atoms with Gasteiger partial charge in [-0.15, -0.1) is 0 Å². The van der Waals surface area contributed by atoms with Gasteiger partial charge in [0.1, 0.15) is 6.61 Å². The Labute approximate surface area is 154 Å². The fraction of sp³-hybridized carbons (Fsp3) is 0.636. The topological polar surface area (TPSA) is 30.5 Å². The van der Waals surface area contributed by atoms with Crippen LogP contribution in [-0.4, -0.2) is 32.5 Å². The van der Waals surface area contributed by atoms with Crippen LogP contribution in [0.2, 0.25) is 0 Å². The Morgan fingerprint density at radius 3 is 2.24 bits per heavy atom. The molecule has 1 N–H and O–H groups in total. The number of benzene rings is 1. The zero-order valence-electron chi connectivity index (χ0n) is 16.8. The van der Waals surface area contributed by atoms with E-state index in [4.69, 9.17) is 9.47 Å². The van der Waals surface area contributed by atoms with Gasteiger partial charge in [0.15, 0.2) is 0 Å². The lowest BCUT2D eigenvalue weighted by molar-refractivity contribution is 0.0531. The van der Waals surface area contributed by atoms with Crippen LogP contribution in [0, 0.1) is 17.3 Å². The van der Waals surface area contributed by atoms with Gasteiger partial charge in [-0.25, -0.2) is 0 Å². The summed E-state index contributed by atoms with van der Waals surface area (Å²) in [6.07, 6.45) is 0.910. The smallest absolute Gasteiger partial charge is 0.108 e. The third kappa shape index (κ3) is 11.0. The van der Waals surface area contributed by atoms with E-state index in [1.807, 2.05) is 0 Å². The van der Waals surface area contributed by atoms with Gasteiger partial charge in [0.25, 0.3) is 0 Å². The molecule has 25 heavy (non-hydrogen) atoms. The van der Waals surface area contributed by atoms with E-state index in [2.05, 4.69) is 83.0 Å². The van der Waals surface area contributed by atoms with E-state index in [1.54, 1.807) is 0 Å². The monoisotopic (exact) mass is 345 g/mol. The number of hydrogen-bond donors (Lipinski definition) is 1. The second kappa shape index (κ2) is 11.3. The second-order valence-electron chi connectivity index (χ2n) is 7.99. The van der Waals surface area contributed by atoms with Gasteiger partial charge in [-0.1, -0.05) is 58.6 Å². The molecular formula is C22H35NO2. The van der Waals surface area contributed by atoms with Crippen LogP contribution < -0.4 is 5.32 Å². The van der Waals surface area contributed by atoms with Gasteiger partial charge in [0.05, 0.1) is 13.2 Å². The van der Waals surface area contributed by atoms with Gasteiger partial charge in [0.2, 0.25) is 0 Å². The number of rotatable bonds is 9. The molecule has 0 saturated carbocycles. The molecule has 0 aliphatic carbocycles. The lowest BCUT2D eigenvalue weighted by Crippen LogP contribution is -2.25. The highest BCUT2D eigenvalue weighted by molar-refractivity contribution is 5.36. The minimum Gasteiger partial charge on any atom is -0.381 e. The van der Waals surface area contributed by atoms with Crippen molar-refractivity contribution in [2.45, 2.75) is 60.0 Å². The van der Waals surface area contributed by atoms with Crippen molar-refractivity contribution >= 4 is 0 Å². The Morgan fingerprint density at radius 1 is 1.00 bits per heavy atom. The Bertz CT molecular complexity index is 532. The van der Waals surface area contributed by atoms with E-state index in [0.29, 0.717) is 25.3 Å². The summed E-state index contributed by atoms with van der Waals surface area (Å²) in [6.45, 7) is 15.7. The Morgan fingerprint density at radius 2 is 1.64 bits per heavy atom. The van der Waals surface area contributed by atoms with Crippen molar-refractivity contribution in [3.63, 3.8) is 0 Å². The Balaban J connectivity index is 2.21. The zero-order chi connectivity index (χ0) is 18.7. The molecule has 0 aliphatic heterocycles. The van der Waals surface area contributed by atoms with E-state index >= 15 is 0 Å². The zero-order valence-corrected chi connectivity index (χ0v) is 16.8. The van der Waals surface area contributed by atoms with Crippen molar-refractivity contribution in [1.82, 2.24) is 5.32 Å². The summed E-state index contributed by atoms with van der Waals surface area (Å²) in [5.41, 5.74) is 2.54. The van der Waals surface area contributed by atoms with Crippen molar-refractivity contribution in [2.75, 3.05) is 26.4 Å². The summed E-state index contributed by atoms with van der Waals surface area (Å²) in [4.78, 5) is 0. The number of ether oxygens (including phenoxy) is 2. The van der Waals surface area contributed by atoms with Crippen LogP contribution in [0.3, 0.4) is 0 Å². The molecule has 0 spiro atoms. The average molecular weight is 346 g/mol. The fourth-order valence-corrected chi connectivity index (χ4v) is 2.35. The second-order valence-corrected chi connectivity index (χ2v) is 7.99. The van der Waals surface area contributed by atoms with Gasteiger partial charge in [-0.2, -0.15) is 0 Å². The highest BCUT2D eigenvalue weighted by Gasteiger charge is 2.09. The minimum atomic E-state index is 0.227. The van der Waals surface area contributed by atoms with Crippen molar-refractivity contribution in [1.29, 1.82) is 0 Å². The van der Waals surface area contributed by atoms with E-state index in [9.17, 15) is 0 Å². The van der Waals surface area contributed by atoms with Gasteiger partial charge >= 0.3 is 0 Å². The van der Waals surface area contributed by atoms with E-state index in [-0.39, 0.29) is 5.41 Å². The first kappa shape index (κ1) is 21.7. The van der Waals surface area contributed by atoms with Crippen LogP contribution in [0.1, 0.15) is 65.1 Å². The third-order valence-corrected chi connectivity index (χ3v) is 3.51. The molecule has 3 nitrogen and oxygen atoms in total. The average Bonchev–Trinajstić information content (AvgIpc) is 2.52. The Kier molecular flexibility index (Phi) is 9.82. The van der Waals surface area contributed by atoms with Gasteiger partial charge in [-0.3, -0.25) is 0 Å². The first-order valence-electron chi connectivity index (χ1n) is 9.28. The van der Waals surface area contributed by atoms with Crippen LogP contribution in [-0.2, 0) is 9.47 Å². The molecule has 3 heteroatoms. The molecule has 1 rings (SSSR count). The van der Waals surface area contributed by atoms with Crippen molar-refractivity contribution < 1.29 is 9.47 Å². The molecule has 0 bridgehead atoms. The predicted octanol–water partition coefficient (Wildman–Crippen LogP) is 4.57. The van der Waals surface area contributed by atoms with Crippen LogP contribution in [0.15, 0.2) is 24.3 Å². The SMILES string of the molecule is CC(C)NC(C)c1ccc(C#CCOCCCOCC(C)(C)C)cc1. The highest BCUT2D eigenvalue weighted by Crippen LogP contribution is 2.14. The molecule has 0 radical (unpaired) electrons. The standard InChI is InChI=1S/C22H35NO2/c1-18(2)23-19(3)21-12-10-20(11-13-21)9-7-14-24-15-8-16-25-17-22(4,5)6/h10-13,18-19,23H,8,14-17H2,1-6H3. The summed E-state index contributed by atoms with van der Waals surface area (Å²) >= 11 is 0. The maximum absolute atomic E-state index is 5.61. The van der Waals surface area contributed by atoms with E-state index in [0.717, 1.165) is 25.2 Å². The predicted molar refractivity (Wildman–Crippen MR) is 106 cm³/mol. The van der Waals surface area contributed by atoms with Gasteiger partial charge in [0, 0.05) is 24.3 Å². The first-order valence-corrected chi connectivity index (χ1v) is 9.28. The number of nitrogens with one attached hydrogen (secondary N) is 1. The highest BCUT2D eigenvalue weighted by atomic mass is 16.5. The molecule has 1 aromatic rings. The first-order chi connectivity index (χ1) is 11.8. The molecule has 1 unspecified atom stereocenters. The van der Waals surface area contributed by atoms with Gasteiger partial charge in [-0.05, 0) is 36.5 Å². The molecule has 0 saturated heterocycles. The Hall–Kier alpha value is -1.34. The van der Waals surface area contributed by atoms with Crippen molar-refractivity contribution in [2.24, 2.45) is 5.41 Å². The molecule has 140 valence electrons. The molecule has 0 fully saturated rings. The normalized spacial score (nSPS) is 12.8. The summed E-state index contributed by atoms with van der Waals surface area (Å²) in [6, 6.07) is 9.24. The molecule has 1 atom stereocenters. The van der Waals surface area contributed by atoms with E-state index < -0.39 is 0 Å². The lowest BCUT2D eigenvalue weighted by Gasteiger charge is -2.17. The third-order valence-electron chi connectivity index (χ3n) is 3.51. The molecular weight excluding hydrogens is 310 g/mol. The van der Waals surface area contributed by atoms with Crippen molar-refractivity contribution in [3.8, 4) is 11.8 Å². The number of hydrogen-bond acceptors (Lipinski definition) is 3. The van der Waals surface area contributed by atoms with Crippen molar-refractivity contribution in [3.05, 3.63) is 35.4 Å². The van der Waals surface area contributed by atoms with Gasteiger partial charge < -0.3 is 14.8 Å². The quantitative estimate of drug-likeness (QED) is 0.525. The maximum Gasteiger partial charge on any atom is 0.108 e. The largest absolute Gasteiger partial charge is 0.381 e. The summed E-state index contributed by atoms with van der Waals surface area (Å²) in [5.74, 6) is 6.22. The molecule has 0 aromatic heterocycles. The molecule has 0 aliphatic rings. The molecule has 0 amide bonds. The fourth-order valence-electron chi connectivity index (χ4n) is 2.35. The summed E-state index contributed by atoms with van der Waals surface area (Å²) in [7, 11) is 0. The van der Waals surface area contributed by atoms with Crippen LogP contribution in [0.5, 0.6) is 0 Å². The van der Waals surface area contributed by atoms with Crippen LogP contribution in [0.4, 0.5) is 0 Å².